The largest absolute Gasteiger partial charge is 0.361 e. The summed E-state index contributed by atoms with van der Waals surface area (Å²) < 4.78 is 0. The van der Waals surface area contributed by atoms with E-state index in [1.165, 1.54) is 0 Å². The van der Waals surface area contributed by atoms with Gasteiger partial charge in [-0.25, -0.2) is 0 Å². The van der Waals surface area contributed by atoms with Gasteiger partial charge in [-0.2, -0.15) is 0 Å². The first-order valence-electron chi connectivity index (χ1n) is 8.30. The summed E-state index contributed by atoms with van der Waals surface area (Å²) in [6.45, 7) is 0. The van der Waals surface area contributed by atoms with Crippen molar-refractivity contribution in [2.75, 3.05) is 10.2 Å². The van der Waals surface area contributed by atoms with Gasteiger partial charge in [-0.15, -0.1) is 0 Å². The summed E-state index contributed by atoms with van der Waals surface area (Å²) in [7, 11) is 0. The van der Waals surface area contributed by atoms with Crippen LogP contribution >= 0.6 is 0 Å². The number of nitrogens with zero attached hydrogens (tertiary/aromatic N) is 1. The van der Waals surface area contributed by atoms with Crippen LogP contribution in [-0.4, -0.2) is 12.1 Å². The molecule has 0 spiro atoms. The number of rotatable bonds is 3. The SMILES string of the molecule is O=C1c2ccccc2N[C@H](/C=C/c2ccccc2)N1c1ccccc1. The smallest absolute Gasteiger partial charge is 0.262 e. The van der Waals surface area contributed by atoms with Gasteiger partial charge in [-0.1, -0.05) is 66.7 Å². The summed E-state index contributed by atoms with van der Waals surface area (Å²) in [5, 5.41) is 3.46. The van der Waals surface area contributed by atoms with Crippen LogP contribution in [0.4, 0.5) is 11.4 Å². The molecule has 1 N–H and O–H groups in total. The summed E-state index contributed by atoms with van der Waals surface area (Å²) >= 11 is 0. The first-order valence-corrected chi connectivity index (χ1v) is 8.30. The molecule has 1 aliphatic rings. The Balaban J connectivity index is 1.74. The van der Waals surface area contributed by atoms with Crippen LogP contribution < -0.4 is 10.2 Å². The molecule has 0 saturated carbocycles. The monoisotopic (exact) mass is 326 g/mol. The fourth-order valence-electron chi connectivity index (χ4n) is 3.04. The molecule has 3 heteroatoms. The number of anilines is 2. The van der Waals surface area contributed by atoms with E-state index >= 15 is 0 Å². The Morgan fingerprint density at radius 1 is 0.800 bits per heavy atom. The maximum Gasteiger partial charge on any atom is 0.262 e. The molecule has 0 unspecified atom stereocenters. The standard InChI is InChI=1S/C22H18N2O/c25-22-19-13-7-8-14-20(19)23-21(16-15-17-9-3-1-4-10-17)24(22)18-11-5-2-6-12-18/h1-16,21,23H/b16-15+/t21-/m0/s1. The van der Waals surface area contributed by atoms with Gasteiger partial charge >= 0.3 is 0 Å². The Labute approximate surface area is 147 Å². The molecule has 1 aliphatic heterocycles. The van der Waals surface area contributed by atoms with Gasteiger partial charge in [0, 0.05) is 11.4 Å². The van der Waals surface area contributed by atoms with Gasteiger partial charge in [0.15, 0.2) is 0 Å². The van der Waals surface area contributed by atoms with Gasteiger partial charge in [0.05, 0.1) is 5.56 Å². The van der Waals surface area contributed by atoms with E-state index in [4.69, 9.17) is 0 Å². The minimum absolute atomic E-state index is 0.00302. The van der Waals surface area contributed by atoms with E-state index in [1.54, 1.807) is 4.90 Å². The Kier molecular flexibility index (Phi) is 4.05. The Morgan fingerprint density at radius 3 is 2.20 bits per heavy atom. The number of nitrogens with one attached hydrogen (secondary N) is 1. The fraction of sp³-hybridized carbons (Fsp3) is 0.0455. The molecule has 0 aromatic heterocycles. The molecule has 3 nitrogen and oxygen atoms in total. The van der Waals surface area contributed by atoms with Crippen LogP contribution in [0.1, 0.15) is 15.9 Å². The van der Waals surface area contributed by atoms with Crippen LogP contribution in [-0.2, 0) is 0 Å². The molecule has 122 valence electrons. The molecule has 1 atom stereocenters. The Morgan fingerprint density at radius 2 is 1.44 bits per heavy atom. The van der Waals surface area contributed by atoms with E-state index in [1.807, 2.05) is 97.1 Å². The van der Waals surface area contributed by atoms with Crippen LogP contribution in [0, 0.1) is 0 Å². The molecule has 1 heterocycles. The van der Waals surface area contributed by atoms with E-state index in [0.29, 0.717) is 5.56 Å². The lowest BCUT2D eigenvalue weighted by molar-refractivity contribution is 0.0980. The predicted molar refractivity (Wildman–Crippen MR) is 103 cm³/mol. The van der Waals surface area contributed by atoms with Crippen molar-refractivity contribution in [1.82, 2.24) is 0 Å². The maximum atomic E-state index is 13.1. The third kappa shape index (κ3) is 3.04. The van der Waals surface area contributed by atoms with Crippen molar-refractivity contribution in [2.24, 2.45) is 0 Å². The second-order valence-corrected chi connectivity index (χ2v) is 5.92. The summed E-state index contributed by atoms with van der Waals surface area (Å²) in [5.74, 6) is 0.00302. The predicted octanol–water partition coefficient (Wildman–Crippen LogP) is 4.80. The van der Waals surface area contributed by atoms with Gasteiger partial charge in [-0.05, 0) is 35.9 Å². The third-order valence-electron chi connectivity index (χ3n) is 4.26. The molecule has 0 aliphatic carbocycles. The van der Waals surface area contributed by atoms with Crippen molar-refractivity contribution in [3.63, 3.8) is 0 Å². The highest BCUT2D eigenvalue weighted by Crippen LogP contribution is 2.30. The van der Waals surface area contributed by atoms with Crippen molar-refractivity contribution in [2.45, 2.75) is 6.17 Å². The number of hydrogen-bond donors (Lipinski definition) is 1. The molecular formula is C22H18N2O. The number of amides is 1. The molecular weight excluding hydrogens is 308 g/mol. The molecule has 25 heavy (non-hydrogen) atoms. The lowest BCUT2D eigenvalue weighted by atomic mass is 10.1. The summed E-state index contributed by atoms with van der Waals surface area (Å²) in [4.78, 5) is 14.9. The van der Waals surface area contributed by atoms with Crippen molar-refractivity contribution < 1.29 is 4.79 Å². The average Bonchev–Trinajstić information content (AvgIpc) is 2.68. The Bertz CT molecular complexity index is 904. The normalized spacial score (nSPS) is 16.6. The quantitative estimate of drug-likeness (QED) is 0.750. The lowest BCUT2D eigenvalue weighted by Crippen LogP contribution is -2.48. The average molecular weight is 326 g/mol. The van der Waals surface area contributed by atoms with Crippen LogP contribution in [0.2, 0.25) is 0 Å². The zero-order chi connectivity index (χ0) is 17.1. The molecule has 0 radical (unpaired) electrons. The number of carbonyl (C=O) groups is 1. The highest BCUT2D eigenvalue weighted by atomic mass is 16.2. The van der Waals surface area contributed by atoms with Gasteiger partial charge < -0.3 is 5.32 Å². The molecule has 4 rings (SSSR count). The van der Waals surface area contributed by atoms with Crippen molar-refractivity contribution in [3.8, 4) is 0 Å². The number of hydrogen-bond acceptors (Lipinski definition) is 2. The minimum Gasteiger partial charge on any atom is -0.361 e. The van der Waals surface area contributed by atoms with Crippen LogP contribution in [0.5, 0.6) is 0 Å². The molecule has 3 aromatic carbocycles. The zero-order valence-corrected chi connectivity index (χ0v) is 13.7. The molecule has 0 bridgehead atoms. The molecule has 0 fully saturated rings. The second kappa shape index (κ2) is 6.65. The maximum absolute atomic E-state index is 13.1. The second-order valence-electron chi connectivity index (χ2n) is 5.92. The van der Waals surface area contributed by atoms with Crippen LogP contribution in [0.3, 0.4) is 0 Å². The van der Waals surface area contributed by atoms with E-state index in [-0.39, 0.29) is 12.1 Å². The first kappa shape index (κ1) is 15.2. The van der Waals surface area contributed by atoms with E-state index < -0.39 is 0 Å². The number of carbonyl (C=O) groups excluding carboxylic acids is 1. The summed E-state index contributed by atoms with van der Waals surface area (Å²) in [6.07, 6.45) is 3.82. The highest BCUT2D eigenvalue weighted by Gasteiger charge is 2.31. The molecule has 0 saturated heterocycles. The number of benzene rings is 3. The first-order chi connectivity index (χ1) is 12.3. The Hall–Kier alpha value is -3.33. The van der Waals surface area contributed by atoms with Crippen molar-refractivity contribution in [3.05, 3.63) is 102 Å². The highest BCUT2D eigenvalue weighted by molar-refractivity contribution is 6.12. The van der Waals surface area contributed by atoms with Gasteiger partial charge in [0.25, 0.3) is 5.91 Å². The van der Waals surface area contributed by atoms with Gasteiger partial charge in [0.2, 0.25) is 0 Å². The van der Waals surface area contributed by atoms with Gasteiger partial charge in [0.1, 0.15) is 6.17 Å². The minimum atomic E-state index is -0.245. The summed E-state index contributed by atoms with van der Waals surface area (Å²) in [6, 6.07) is 27.5. The van der Waals surface area contributed by atoms with E-state index in [9.17, 15) is 4.79 Å². The van der Waals surface area contributed by atoms with Crippen molar-refractivity contribution >= 4 is 23.4 Å². The summed E-state index contributed by atoms with van der Waals surface area (Å²) in [5.41, 5.74) is 3.53. The zero-order valence-electron chi connectivity index (χ0n) is 13.7. The number of para-hydroxylation sites is 2. The lowest BCUT2D eigenvalue weighted by Gasteiger charge is -2.36. The molecule has 3 aromatic rings. The fourth-order valence-corrected chi connectivity index (χ4v) is 3.04. The molecule has 1 amide bonds. The van der Waals surface area contributed by atoms with Crippen molar-refractivity contribution in [1.29, 1.82) is 0 Å². The van der Waals surface area contributed by atoms with E-state index in [2.05, 4.69) is 5.32 Å². The van der Waals surface area contributed by atoms with E-state index in [0.717, 1.165) is 16.9 Å². The number of fused-ring (bicyclic) bond motifs is 1. The topological polar surface area (TPSA) is 32.3 Å². The third-order valence-corrected chi connectivity index (χ3v) is 4.26. The van der Waals surface area contributed by atoms with Gasteiger partial charge in [-0.3, -0.25) is 9.69 Å². The van der Waals surface area contributed by atoms with Crippen LogP contribution in [0.25, 0.3) is 6.08 Å². The van der Waals surface area contributed by atoms with Crippen LogP contribution in [0.15, 0.2) is 91.0 Å².